The first kappa shape index (κ1) is 22.4. The Morgan fingerprint density at radius 1 is 1.23 bits per heavy atom. The maximum absolute atomic E-state index is 14.8. The summed E-state index contributed by atoms with van der Waals surface area (Å²) in [5.74, 6) is -1.90. The maximum atomic E-state index is 14.8. The lowest BCUT2D eigenvalue weighted by atomic mass is 10.2. The van der Waals surface area contributed by atoms with Gasteiger partial charge in [0.15, 0.2) is 11.6 Å². The first-order valence-corrected chi connectivity index (χ1v) is 9.87. The smallest absolute Gasteiger partial charge is 0.414 e. The summed E-state index contributed by atoms with van der Waals surface area (Å²) in [6.07, 6.45) is -1.22. The molecule has 1 fully saturated rings. The Balaban J connectivity index is 1.86. The standard InChI is InChI=1S/C21H22F2N4O3S/c1-12(31)24-10-15-11-27(21(29)30-15)14-7-16(22)20(17(23)8-14)25-18-9-13(26(2)3)5-4-6-19(18)28/h4-9,15H,10-11H2,1-3H3,(H,24,31)(H,25,28)/t15-/m0/s1. The van der Waals surface area contributed by atoms with E-state index in [9.17, 15) is 18.4 Å². The number of cyclic esters (lactones) is 1. The molecule has 0 aliphatic carbocycles. The van der Waals surface area contributed by atoms with Gasteiger partial charge in [0.1, 0.15) is 11.8 Å². The summed E-state index contributed by atoms with van der Waals surface area (Å²) in [5.41, 5.74) is -0.209. The van der Waals surface area contributed by atoms with E-state index in [2.05, 4.69) is 10.6 Å². The van der Waals surface area contributed by atoms with Crippen LogP contribution in [0.2, 0.25) is 0 Å². The first-order valence-electron chi connectivity index (χ1n) is 9.46. The molecule has 1 atom stereocenters. The molecular weight excluding hydrogens is 426 g/mol. The molecule has 2 aromatic rings. The third-order valence-corrected chi connectivity index (χ3v) is 4.78. The number of nitrogens with zero attached hydrogens (tertiary/aromatic N) is 2. The zero-order valence-electron chi connectivity index (χ0n) is 17.2. The molecule has 3 rings (SSSR count). The molecule has 0 bridgehead atoms. The molecule has 31 heavy (non-hydrogen) atoms. The summed E-state index contributed by atoms with van der Waals surface area (Å²) in [4.78, 5) is 27.9. The largest absolute Gasteiger partial charge is 0.442 e. The van der Waals surface area contributed by atoms with Crippen molar-refractivity contribution in [3.63, 3.8) is 0 Å². The molecule has 0 unspecified atom stereocenters. The lowest BCUT2D eigenvalue weighted by molar-refractivity contribution is 0.143. The third kappa shape index (κ3) is 5.26. The summed E-state index contributed by atoms with van der Waals surface area (Å²) in [7, 11) is 3.57. The van der Waals surface area contributed by atoms with Gasteiger partial charge in [-0.2, -0.15) is 0 Å². The normalized spacial score (nSPS) is 15.5. The Morgan fingerprint density at radius 2 is 1.90 bits per heavy atom. The van der Waals surface area contributed by atoms with Crippen molar-refractivity contribution >= 4 is 46.0 Å². The molecule has 2 aromatic carbocycles. The van der Waals surface area contributed by atoms with E-state index in [1.165, 1.54) is 12.1 Å². The van der Waals surface area contributed by atoms with Crippen LogP contribution >= 0.6 is 12.2 Å². The number of ether oxygens (including phenoxy) is 1. The van der Waals surface area contributed by atoms with Crippen LogP contribution < -0.4 is 25.9 Å². The van der Waals surface area contributed by atoms with Crippen molar-refractivity contribution in [3.8, 4) is 0 Å². The Labute approximate surface area is 183 Å². The molecule has 10 heteroatoms. The zero-order chi connectivity index (χ0) is 22.7. The van der Waals surface area contributed by atoms with Gasteiger partial charge in [-0.3, -0.25) is 9.69 Å². The number of carbonyl (C=O) groups excluding carboxylic acids is 1. The number of benzene rings is 1. The van der Waals surface area contributed by atoms with Crippen molar-refractivity contribution in [1.29, 1.82) is 0 Å². The average Bonchev–Trinajstić information content (AvgIpc) is 2.96. The molecule has 0 saturated carbocycles. The Hall–Kier alpha value is -3.27. The maximum Gasteiger partial charge on any atom is 0.414 e. The van der Waals surface area contributed by atoms with Gasteiger partial charge in [-0.25, -0.2) is 13.6 Å². The molecule has 1 heterocycles. The van der Waals surface area contributed by atoms with Crippen LogP contribution in [0.1, 0.15) is 6.92 Å². The highest BCUT2D eigenvalue weighted by molar-refractivity contribution is 7.80. The van der Waals surface area contributed by atoms with Crippen molar-refractivity contribution in [1.82, 2.24) is 5.32 Å². The van der Waals surface area contributed by atoms with Gasteiger partial charge in [-0.05, 0) is 25.1 Å². The predicted octanol–water partition coefficient (Wildman–Crippen LogP) is 3.40. The van der Waals surface area contributed by atoms with Crippen molar-refractivity contribution in [3.05, 3.63) is 58.3 Å². The Kier molecular flexibility index (Phi) is 6.69. The lowest BCUT2D eigenvalue weighted by Crippen LogP contribution is -2.32. The monoisotopic (exact) mass is 448 g/mol. The highest BCUT2D eigenvalue weighted by Gasteiger charge is 2.33. The van der Waals surface area contributed by atoms with Crippen LogP contribution in [-0.4, -0.2) is 44.4 Å². The minimum atomic E-state index is -0.948. The number of anilines is 4. The molecule has 1 aliphatic rings. The number of thiocarbonyl (C=S) groups is 1. The third-order valence-electron chi connectivity index (χ3n) is 4.64. The average molecular weight is 448 g/mol. The number of carbonyl (C=O) groups is 1. The molecule has 0 spiro atoms. The minimum absolute atomic E-state index is 0.0153. The molecular formula is C21H22F2N4O3S. The summed E-state index contributed by atoms with van der Waals surface area (Å²) in [5, 5.41) is 5.44. The lowest BCUT2D eigenvalue weighted by Gasteiger charge is -2.16. The second-order valence-electron chi connectivity index (χ2n) is 7.23. The number of nitrogens with one attached hydrogen (secondary N) is 2. The molecule has 1 saturated heterocycles. The first-order chi connectivity index (χ1) is 14.7. The second-order valence-corrected chi connectivity index (χ2v) is 7.84. The van der Waals surface area contributed by atoms with Crippen LogP contribution in [0.5, 0.6) is 0 Å². The number of hydrogen-bond donors (Lipinski definition) is 2. The quantitative estimate of drug-likeness (QED) is 0.656. The molecule has 2 N–H and O–H groups in total. The van der Waals surface area contributed by atoms with Crippen LogP contribution in [0, 0.1) is 11.6 Å². The fourth-order valence-electron chi connectivity index (χ4n) is 3.03. The molecule has 1 aliphatic heterocycles. The topological polar surface area (TPSA) is 73.9 Å². The van der Waals surface area contributed by atoms with Crippen LogP contribution in [-0.2, 0) is 4.74 Å². The second kappa shape index (κ2) is 9.25. The van der Waals surface area contributed by atoms with Crippen LogP contribution in [0.25, 0.3) is 0 Å². The van der Waals surface area contributed by atoms with E-state index in [0.29, 0.717) is 17.2 Å². The van der Waals surface area contributed by atoms with E-state index in [0.717, 1.165) is 17.0 Å². The SMILES string of the molecule is CC(=S)NC[C@H]1CN(c2cc(F)c(Nc3cc(N(C)C)cccc3=O)c(F)c2)C(=O)O1. The van der Waals surface area contributed by atoms with Crippen molar-refractivity contribution in [2.45, 2.75) is 13.0 Å². The van der Waals surface area contributed by atoms with Gasteiger partial charge < -0.3 is 20.3 Å². The highest BCUT2D eigenvalue weighted by atomic mass is 32.1. The molecule has 164 valence electrons. The van der Waals surface area contributed by atoms with Crippen LogP contribution in [0.3, 0.4) is 0 Å². The Morgan fingerprint density at radius 3 is 2.52 bits per heavy atom. The fraction of sp³-hybridized carbons (Fsp3) is 0.286. The van der Waals surface area contributed by atoms with E-state index in [1.54, 1.807) is 38.1 Å². The predicted molar refractivity (Wildman–Crippen MR) is 121 cm³/mol. The highest BCUT2D eigenvalue weighted by Crippen LogP contribution is 2.30. The van der Waals surface area contributed by atoms with Gasteiger partial charge in [0.25, 0.3) is 0 Å². The van der Waals surface area contributed by atoms with Crippen LogP contribution in [0.4, 0.5) is 36.3 Å². The number of rotatable bonds is 6. The van der Waals surface area contributed by atoms with Gasteiger partial charge in [0.2, 0.25) is 5.43 Å². The van der Waals surface area contributed by atoms with Gasteiger partial charge in [-0.1, -0.05) is 18.3 Å². The van der Waals surface area contributed by atoms with Crippen molar-refractivity contribution < 1.29 is 18.3 Å². The zero-order valence-corrected chi connectivity index (χ0v) is 18.1. The van der Waals surface area contributed by atoms with Gasteiger partial charge >= 0.3 is 6.09 Å². The Bertz CT molecular complexity index is 1060. The van der Waals surface area contributed by atoms with E-state index < -0.39 is 34.9 Å². The number of halogens is 2. The van der Waals surface area contributed by atoms with Crippen molar-refractivity contribution in [2.24, 2.45) is 0 Å². The van der Waals surface area contributed by atoms with Gasteiger partial charge in [0, 0.05) is 31.9 Å². The summed E-state index contributed by atoms with van der Waals surface area (Å²) >= 11 is 4.93. The van der Waals surface area contributed by atoms with E-state index in [1.807, 2.05) is 0 Å². The van der Waals surface area contributed by atoms with Crippen LogP contribution in [0.15, 0.2) is 41.2 Å². The molecule has 1 amide bonds. The van der Waals surface area contributed by atoms with E-state index >= 15 is 0 Å². The summed E-state index contributed by atoms with van der Waals surface area (Å²) < 4.78 is 34.8. The minimum Gasteiger partial charge on any atom is -0.442 e. The fourth-order valence-corrected chi connectivity index (χ4v) is 3.12. The summed E-state index contributed by atoms with van der Waals surface area (Å²) in [6, 6.07) is 8.12. The van der Waals surface area contributed by atoms with Crippen molar-refractivity contribution in [2.75, 3.05) is 42.3 Å². The van der Waals surface area contributed by atoms with E-state index in [4.69, 9.17) is 17.0 Å². The molecule has 0 radical (unpaired) electrons. The summed E-state index contributed by atoms with van der Waals surface area (Å²) in [6.45, 7) is 2.11. The van der Waals surface area contributed by atoms with Gasteiger partial charge in [-0.15, -0.1) is 0 Å². The number of hydrogen-bond acceptors (Lipinski definition) is 6. The number of amides is 1. The van der Waals surface area contributed by atoms with E-state index in [-0.39, 0.29) is 17.9 Å². The molecule has 0 aromatic heterocycles. The van der Waals surface area contributed by atoms with Gasteiger partial charge in [0.05, 0.1) is 29.5 Å². The molecule has 7 nitrogen and oxygen atoms in total.